The van der Waals surface area contributed by atoms with Gasteiger partial charge in [-0.3, -0.25) is 29.0 Å². The fraction of sp³-hybridized carbons (Fsp3) is 0.808. The van der Waals surface area contributed by atoms with Gasteiger partial charge in [0.1, 0.15) is 6.04 Å². The molecule has 0 aromatic heterocycles. The molecule has 0 bridgehead atoms. The molecular weight excluding hydrogens is 791 g/mol. The summed E-state index contributed by atoms with van der Waals surface area (Å²) >= 11 is 0. The first kappa shape index (κ1) is 57.5. The standard InChI is InChI=1S/C52H93N5O6/c1-4-6-8-10-12-14-16-18-20-22-24-26-28-30-32-36-48(58)55-44-47(56-49(59)37-33-31-29-27-25-23-21-19-17-15-13-11-9-7-5-2)51(61)54-41-40-53-43-46-35-34-42-57(46)50(60)39-38-45(3)52(62)63/h18-21,43,45-47H,4-17,22-42,44H2,1-3H3,(H,54,61)(H,55,58)(H,56,59)(H,62,63)/b20-18-,21-19-,53-43?. The molecule has 11 nitrogen and oxygen atoms in total. The molecule has 1 aliphatic rings. The van der Waals surface area contributed by atoms with Crippen molar-refractivity contribution in [2.75, 3.05) is 26.2 Å². The number of rotatable bonds is 42. The molecule has 0 aliphatic carbocycles. The molecule has 1 fully saturated rings. The lowest BCUT2D eigenvalue weighted by Gasteiger charge is -2.22. The predicted octanol–water partition coefficient (Wildman–Crippen LogP) is 11.3. The lowest BCUT2D eigenvalue weighted by Crippen LogP contribution is -2.53. The van der Waals surface area contributed by atoms with Crippen molar-refractivity contribution < 1.29 is 29.1 Å². The molecular formula is C52H93N5O6. The first-order valence-electron chi connectivity index (χ1n) is 25.8. The van der Waals surface area contributed by atoms with Gasteiger partial charge in [-0.25, -0.2) is 0 Å². The fourth-order valence-electron chi connectivity index (χ4n) is 7.92. The molecule has 0 spiro atoms. The summed E-state index contributed by atoms with van der Waals surface area (Å²) < 4.78 is 0. The van der Waals surface area contributed by atoms with E-state index >= 15 is 0 Å². The summed E-state index contributed by atoms with van der Waals surface area (Å²) in [5, 5.41) is 17.8. The van der Waals surface area contributed by atoms with Crippen LogP contribution in [0.1, 0.15) is 226 Å². The third-order valence-corrected chi connectivity index (χ3v) is 12.1. The number of aliphatic carboxylic acids is 1. The average molecular weight is 884 g/mol. The van der Waals surface area contributed by atoms with E-state index < -0.39 is 17.9 Å². The number of likely N-dealkylation sites (tertiary alicyclic amines) is 1. The van der Waals surface area contributed by atoms with Crippen molar-refractivity contribution in [3.8, 4) is 0 Å². The fourth-order valence-corrected chi connectivity index (χ4v) is 7.92. The molecule has 0 radical (unpaired) electrons. The van der Waals surface area contributed by atoms with E-state index in [1.807, 2.05) is 0 Å². The van der Waals surface area contributed by atoms with Crippen LogP contribution in [-0.2, 0) is 24.0 Å². The number of hydrogen-bond acceptors (Lipinski definition) is 6. The van der Waals surface area contributed by atoms with Crippen LogP contribution in [0.3, 0.4) is 0 Å². The highest BCUT2D eigenvalue weighted by molar-refractivity contribution is 5.88. The maximum Gasteiger partial charge on any atom is 0.306 e. The lowest BCUT2D eigenvalue weighted by molar-refractivity contribution is -0.141. The van der Waals surface area contributed by atoms with E-state index in [4.69, 9.17) is 5.11 Å². The molecule has 3 unspecified atom stereocenters. The van der Waals surface area contributed by atoms with Gasteiger partial charge in [-0.1, -0.05) is 148 Å². The Labute approximate surface area is 384 Å². The van der Waals surface area contributed by atoms with Crippen molar-refractivity contribution >= 4 is 35.8 Å². The maximum absolute atomic E-state index is 13.3. The Bertz CT molecular complexity index is 1290. The highest BCUT2D eigenvalue weighted by atomic mass is 16.4. The van der Waals surface area contributed by atoms with Crippen LogP contribution in [0, 0.1) is 5.92 Å². The van der Waals surface area contributed by atoms with Gasteiger partial charge in [0.2, 0.25) is 23.6 Å². The molecule has 3 atom stereocenters. The molecule has 11 heteroatoms. The zero-order valence-corrected chi connectivity index (χ0v) is 40.5. The first-order valence-corrected chi connectivity index (χ1v) is 25.8. The number of amides is 4. The Balaban J connectivity index is 2.46. The van der Waals surface area contributed by atoms with E-state index in [-0.39, 0.29) is 49.2 Å². The second-order valence-corrected chi connectivity index (χ2v) is 18.0. The van der Waals surface area contributed by atoms with Gasteiger partial charge < -0.3 is 26.0 Å². The second-order valence-electron chi connectivity index (χ2n) is 18.0. The molecule has 4 N–H and O–H groups in total. The highest BCUT2D eigenvalue weighted by Gasteiger charge is 2.28. The normalized spacial score (nSPS) is 15.1. The van der Waals surface area contributed by atoms with Crippen molar-refractivity contribution in [3.05, 3.63) is 24.3 Å². The molecule has 63 heavy (non-hydrogen) atoms. The molecule has 0 aromatic carbocycles. The highest BCUT2D eigenvalue weighted by Crippen LogP contribution is 2.19. The minimum atomic E-state index is -0.902. The smallest absolute Gasteiger partial charge is 0.306 e. The van der Waals surface area contributed by atoms with Gasteiger partial charge in [-0.15, -0.1) is 0 Å². The zero-order valence-electron chi connectivity index (χ0n) is 40.5. The van der Waals surface area contributed by atoms with Gasteiger partial charge >= 0.3 is 5.97 Å². The lowest BCUT2D eigenvalue weighted by atomic mass is 10.1. The van der Waals surface area contributed by atoms with Crippen molar-refractivity contribution in [3.63, 3.8) is 0 Å². The Kier molecular flexibility index (Phi) is 37.6. The van der Waals surface area contributed by atoms with Crippen LogP contribution in [0.15, 0.2) is 29.3 Å². The molecule has 1 heterocycles. The van der Waals surface area contributed by atoms with Crippen molar-refractivity contribution in [2.45, 2.75) is 238 Å². The van der Waals surface area contributed by atoms with Gasteiger partial charge in [0.05, 0.1) is 18.5 Å². The Morgan fingerprint density at radius 2 is 1.11 bits per heavy atom. The number of nitrogens with one attached hydrogen (secondary N) is 3. The average Bonchev–Trinajstić information content (AvgIpc) is 3.75. The maximum atomic E-state index is 13.3. The van der Waals surface area contributed by atoms with Gasteiger partial charge in [0.15, 0.2) is 0 Å². The zero-order chi connectivity index (χ0) is 46.0. The Morgan fingerprint density at radius 1 is 0.635 bits per heavy atom. The quantitative estimate of drug-likeness (QED) is 0.0272. The number of carboxylic acids is 1. The molecule has 1 saturated heterocycles. The Hall–Kier alpha value is -3.50. The molecule has 4 amide bonds. The van der Waals surface area contributed by atoms with Crippen LogP contribution in [0.2, 0.25) is 0 Å². The molecule has 0 aromatic rings. The van der Waals surface area contributed by atoms with E-state index in [1.54, 1.807) is 18.0 Å². The van der Waals surface area contributed by atoms with Crippen LogP contribution in [0.25, 0.3) is 0 Å². The number of aliphatic imine (C=N–C) groups is 1. The minimum absolute atomic E-state index is 0.0246. The number of carbonyl (C=O) groups excluding carboxylic acids is 4. The van der Waals surface area contributed by atoms with Crippen LogP contribution in [-0.4, -0.2) is 84.1 Å². The number of allylic oxidation sites excluding steroid dienone is 4. The Morgan fingerprint density at radius 3 is 1.62 bits per heavy atom. The molecule has 362 valence electrons. The number of carboxylic acid groups (broad SMARTS) is 1. The van der Waals surface area contributed by atoms with Gasteiger partial charge in [0.25, 0.3) is 0 Å². The largest absolute Gasteiger partial charge is 0.481 e. The van der Waals surface area contributed by atoms with Crippen LogP contribution < -0.4 is 16.0 Å². The van der Waals surface area contributed by atoms with E-state index in [0.29, 0.717) is 32.4 Å². The summed E-state index contributed by atoms with van der Waals surface area (Å²) in [4.78, 5) is 69.2. The van der Waals surface area contributed by atoms with Crippen LogP contribution in [0.5, 0.6) is 0 Å². The molecule has 0 saturated carbocycles. The van der Waals surface area contributed by atoms with Crippen LogP contribution in [0.4, 0.5) is 0 Å². The SMILES string of the molecule is CCCCCCCC/C=C\CCCCCCCC(=O)NCC(NC(=O)CCCCCCC/C=C\CCCCCCCC)C(=O)NCCN=CC1CCCN1C(=O)CCC(C)C(=O)O. The van der Waals surface area contributed by atoms with E-state index in [9.17, 15) is 24.0 Å². The second kappa shape index (κ2) is 41.2. The van der Waals surface area contributed by atoms with Gasteiger partial charge in [-0.2, -0.15) is 0 Å². The number of carbonyl (C=O) groups is 5. The van der Waals surface area contributed by atoms with Crippen molar-refractivity contribution in [1.82, 2.24) is 20.9 Å². The van der Waals surface area contributed by atoms with Crippen molar-refractivity contribution in [1.29, 1.82) is 0 Å². The topological polar surface area (TPSA) is 157 Å². The third-order valence-electron chi connectivity index (χ3n) is 12.1. The number of nitrogens with zero attached hydrogens (tertiary/aromatic N) is 2. The molecule has 1 aliphatic heterocycles. The monoisotopic (exact) mass is 884 g/mol. The minimum Gasteiger partial charge on any atom is -0.481 e. The summed E-state index contributed by atoms with van der Waals surface area (Å²) in [7, 11) is 0. The van der Waals surface area contributed by atoms with Crippen LogP contribution >= 0.6 is 0 Å². The van der Waals surface area contributed by atoms with Gasteiger partial charge in [-0.05, 0) is 83.5 Å². The summed E-state index contributed by atoms with van der Waals surface area (Å²) in [6, 6.07) is -1.03. The van der Waals surface area contributed by atoms with Gasteiger partial charge in [0, 0.05) is 45.1 Å². The number of unbranched alkanes of at least 4 members (excludes halogenated alkanes) is 22. The predicted molar refractivity (Wildman–Crippen MR) is 261 cm³/mol. The number of hydrogen-bond donors (Lipinski definition) is 4. The summed E-state index contributed by atoms with van der Waals surface area (Å²) in [5.41, 5.74) is 0. The summed E-state index contributed by atoms with van der Waals surface area (Å²) in [6.45, 7) is 7.31. The molecule has 1 rings (SSSR count). The van der Waals surface area contributed by atoms with E-state index in [2.05, 4.69) is 59.1 Å². The van der Waals surface area contributed by atoms with E-state index in [0.717, 1.165) is 83.5 Å². The first-order chi connectivity index (χ1) is 30.7. The summed E-state index contributed by atoms with van der Waals surface area (Å²) in [6.07, 6.45) is 44.7. The third kappa shape index (κ3) is 33.6. The van der Waals surface area contributed by atoms with Crippen molar-refractivity contribution in [2.24, 2.45) is 10.9 Å². The summed E-state index contributed by atoms with van der Waals surface area (Å²) in [5.74, 6) is -2.21. The van der Waals surface area contributed by atoms with E-state index in [1.165, 1.54) is 96.3 Å².